The Labute approximate surface area is 178 Å². The highest BCUT2D eigenvalue weighted by atomic mass is 19.2. The maximum Gasteiger partial charge on any atom is 0.194 e. The van der Waals surface area contributed by atoms with Gasteiger partial charge in [-0.1, -0.05) is 55.5 Å². The van der Waals surface area contributed by atoms with Gasteiger partial charge in [0.2, 0.25) is 0 Å². The van der Waals surface area contributed by atoms with E-state index in [9.17, 15) is 17.6 Å². The Morgan fingerprint density at radius 3 is 1.97 bits per heavy atom. The fourth-order valence-corrected chi connectivity index (χ4v) is 3.50. The monoisotopic (exact) mass is 418 g/mol. The van der Waals surface area contributed by atoms with E-state index in [0.717, 1.165) is 47.1 Å². The van der Waals surface area contributed by atoms with E-state index in [4.69, 9.17) is 0 Å². The van der Waals surface area contributed by atoms with Crippen LogP contribution < -0.4 is 0 Å². The molecule has 0 heterocycles. The summed E-state index contributed by atoms with van der Waals surface area (Å²) in [4.78, 5) is 0. The SMILES string of the molecule is CCCc1cc(F)c2cc(-c3ccc(C#Cc4cc(F)c(F)c(F)c4)cc3)ccc2c1. The number of fused-ring (bicyclic) bond motifs is 1. The van der Waals surface area contributed by atoms with Gasteiger partial charge in [-0.05, 0) is 64.9 Å². The molecule has 0 radical (unpaired) electrons. The third-order valence-electron chi connectivity index (χ3n) is 5.06. The number of hydrogen-bond acceptors (Lipinski definition) is 0. The lowest BCUT2D eigenvalue weighted by molar-refractivity contribution is 0.446. The standard InChI is InChI=1S/C27H18F4/c1-2-3-18-12-22-11-10-21(16-23(22)24(28)13-18)20-8-6-17(7-9-20)4-5-19-14-25(29)27(31)26(30)15-19/h6-16H,2-3H2,1H3. The van der Waals surface area contributed by atoms with Crippen molar-refractivity contribution < 1.29 is 17.6 Å². The molecule has 4 aromatic rings. The molecule has 0 N–H and O–H groups in total. The van der Waals surface area contributed by atoms with Gasteiger partial charge in [0.25, 0.3) is 0 Å². The normalized spacial score (nSPS) is 10.7. The summed E-state index contributed by atoms with van der Waals surface area (Å²) in [7, 11) is 0. The summed E-state index contributed by atoms with van der Waals surface area (Å²) < 4.78 is 54.2. The van der Waals surface area contributed by atoms with Crippen molar-refractivity contribution >= 4 is 10.8 Å². The molecule has 4 aromatic carbocycles. The van der Waals surface area contributed by atoms with Crippen molar-refractivity contribution in [3.8, 4) is 23.0 Å². The lowest BCUT2D eigenvalue weighted by Gasteiger charge is -2.08. The second kappa shape index (κ2) is 8.65. The number of halogens is 4. The third kappa shape index (κ3) is 4.46. The van der Waals surface area contributed by atoms with Gasteiger partial charge in [0, 0.05) is 16.5 Å². The summed E-state index contributed by atoms with van der Waals surface area (Å²) >= 11 is 0. The van der Waals surface area contributed by atoms with Crippen LogP contribution in [0.1, 0.15) is 30.0 Å². The average Bonchev–Trinajstić information content (AvgIpc) is 2.76. The van der Waals surface area contributed by atoms with Gasteiger partial charge in [-0.15, -0.1) is 0 Å². The van der Waals surface area contributed by atoms with Crippen molar-refractivity contribution in [2.45, 2.75) is 19.8 Å². The number of rotatable bonds is 3. The van der Waals surface area contributed by atoms with Crippen molar-refractivity contribution in [1.82, 2.24) is 0 Å². The lowest BCUT2D eigenvalue weighted by Crippen LogP contribution is -1.91. The van der Waals surface area contributed by atoms with Gasteiger partial charge in [0.05, 0.1) is 0 Å². The Hall–Kier alpha value is -3.58. The van der Waals surface area contributed by atoms with Crippen LogP contribution in [0.2, 0.25) is 0 Å². The summed E-state index contributed by atoms with van der Waals surface area (Å²) in [6.07, 6.45) is 1.80. The van der Waals surface area contributed by atoms with Crippen molar-refractivity contribution in [1.29, 1.82) is 0 Å². The molecule has 154 valence electrons. The van der Waals surface area contributed by atoms with Gasteiger partial charge in [-0.2, -0.15) is 0 Å². The van der Waals surface area contributed by atoms with E-state index in [1.807, 2.05) is 36.4 Å². The summed E-state index contributed by atoms with van der Waals surface area (Å²) in [6, 6.07) is 18.2. The van der Waals surface area contributed by atoms with Crippen molar-refractivity contribution in [2.24, 2.45) is 0 Å². The average molecular weight is 418 g/mol. The van der Waals surface area contributed by atoms with E-state index in [-0.39, 0.29) is 11.4 Å². The van der Waals surface area contributed by atoms with Crippen molar-refractivity contribution in [2.75, 3.05) is 0 Å². The highest BCUT2D eigenvalue weighted by Gasteiger charge is 2.09. The summed E-state index contributed by atoms with van der Waals surface area (Å²) in [6.45, 7) is 2.06. The number of aryl methyl sites for hydroxylation is 1. The first kappa shape index (κ1) is 20.7. The predicted octanol–water partition coefficient (Wildman–Crippen LogP) is 7.42. The molecule has 0 unspecified atom stereocenters. The van der Waals surface area contributed by atoms with Crippen molar-refractivity contribution in [3.63, 3.8) is 0 Å². The van der Waals surface area contributed by atoms with Gasteiger partial charge in [0.15, 0.2) is 17.5 Å². The molecule has 0 spiro atoms. The topological polar surface area (TPSA) is 0 Å². The molecule has 0 bridgehead atoms. The van der Waals surface area contributed by atoms with Crippen LogP contribution in [0.3, 0.4) is 0 Å². The van der Waals surface area contributed by atoms with Gasteiger partial charge >= 0.3 is 0 Å². The highest BCUT2D eigenvalue weighted by molar-refractivity contribution is 5.88. The van der Waals surface area contributed by atoms with E-state index in [2.05, 4.69) is 18.8 Å². The minimum Gasteiger partial charge on any atom is -0.206 e. The van der Waals surface area contributed by atoms with Crippen LogP contribution in [0.5, 0.6) is 0 Å². The van der Waals surface area contributed by atoms with Crippen LogP contribution in [0, 0.1) is 35.1 Å². The van der Waals surface area contributed by atoms with Gasteiger partial charge in [-0.25, -0.2) is 17.6 Å². The molecule has 0 atom stereocenters. The fraction of sp³-hybridized carbons (Fsp3) is 0.111. The molecule has 0 amide bonds. The van der Waals surface area contributed by atoms with E-state index >= 15 is 0 Å². The van der Waals surface area contributed by atoms with Crippen LogP contribution >= 0.6 is 0 Å². The third-order valence-corrected chi connectivity index (χ3v) is 5.06. The summed E-state index contributed by atoms with van der Waals surface area (Å²) in [5, 5.41) is 1.44. The first-order valence-corrected chi connectivity index (χ1v) is 9.94. The van der Waals surface area contributed by atoms with E-state index in [0.29, 0.717) is 10.9 Å². The molecule has 4 heteroatoms. The van der Waals surface area contributed by atoms with Crippen molar-refractivity contribution in [3.05, 3.63) is 107 Å². The van der Waals surface area contributed by atoms with Crippen LogP contribution in [-0.4, -0.2) is 0 Å². The fourth-order valence-electron chi connectivity index (χ4n) is 3.50. The molecule has 0 nitrogen and oxygen atoms in total. The Morgan fingerprint density at radius 1 is 0.645 bits per heavy atom. The second-order valence-electron chi connectivity index (χ2n) is 7.34. The minimum atomic E-state index is -1.51. The Balaban J connectivity index is 1.61. The zero-order valence-corrected chi connectivity index (χ0v) is 16.8. The van der Waals surface area contributed by atoms with Gasteiger partial charge < -0.3 is 0 Å². The van der Waals surface area contributed by atoms with E-state index in [1.165, 1.54) is 0 Å². The van der Waals surface area contributed by atoms with Crippen LogP contribution in [0.4, 0.5) is 17.6 Å². The summed E-state index contributed by atoms with van der Waals surface area (Å²) in [5.74, 6) is 1.15. The molecule has 0 fully saturated rings. The maximum absolute atomic E-state index is 14.6. The quantitative estimate of drug-likeness (QED) is 0.185. The second-order valence-corrected chi connectivity index (χ2v) is 7.34. The van der Waals surface area contributed by atoms with E-state index < -0.39 is 17.5 Å². The molecular formula is C27H18F4. The molecule has 0 aliphatic carbocycles. The molecule has 4 rings (SSSR count). The Morgan fingerprint density at radius 2 is 1.29 bits per heavy atom. The van der Waals surface area contributed by atoms with Crippen LogP contribution in [-0.2, 0) is 6.42 Å². The lowest BCUT2D eigenvalue weighted by atomic mass is 9.98. The van der Waals surface area contributed by atoms with Crippen LogP contribution in [0.25, 0.3) is 21.9 Å². The van der Waals surface area contributed by atoms with Gasteiger partial charge in [-0.3, -0.25) is 0 Å². The first-order valence-electron chi connectivity index (χ1n) is 9.94. The largest absolute Gasteiger partial charge is 0.206 e. The number of benzene rings is 4. The molecule has 0 aliphatic heterocycles. The molecule has 0 saturated carbocycles. The Bertz CT molecular complexity index is 1300. The molecular weight excluding hydrogens is 400 g/mol. The van der Waals surface area contributed by atoms with E-state index in [1.54, 1.807) is 18.2 Å². The molecule has 0 aromatic heterocycles. The highest BCUT2D eigenvalue weighted by Crippen LogP contribution is 2.28. The summed E-state index contributed by atoms with van der Waals surface area (Å²) in [5.41, 5.74) is 3.43. The van der Waals surface area contributed by atoms with Crippen LogP contribution in [0.15, 0.2) is 66.7 Å². The maximum atomic E-state index is 14.6. The Kier molecular flexibility index (Phi) is 5.77. The number of hydrogen-bond donors (Lipinski definition) is 0. The molecule has 0 saturated heterocycles. The predicted molar refractivity (Wildman–Crippen MR) is 116 cm³/mol. The zero-order valence-electron chi connectivity index (χ0n) is 16.8. The smallest absolute Gasteiger partial charge is 0.194 e. The first-order chi connectivity index (χ1) is 14.9. The zero-order chi connectivity index (χ0) is 22.0. The molecule has 31 heavy (non-hydrogen) atoms. The molecule has 0 aliphatic rings. The minimum absolute atomic E-state index is 0.0490. The van der Waals surface area contributed by atoms with Gasteiger partial charge in [0.1, 0.15) is 5.82 Å².